The van der Waals surface area contributed by atoms with Crippen LogP contribution in [0.4, 0.5) is 0 Å². The van der Waals surface area contributed by atoms with E-state index in [-0.39, 0.29) is 0 Å². The molecule has 0 fully saturated rings. The summed E-state index contributed by atoms with van der Waals surface area (Å²) in [6, 6.07) is 1.95. The molecule has 0 aliphatic rings. The van der Waals surface area contributed by atoms with E-state index in [4.69, 9.17) is 11.6 Å². The highest BCUT2D eigenvalue weighted by Gasteiger charge is 2.05. The zero-order chi connectivity index (χ0) is 9.14. The van der Waals surface area contributed by atoms with Crippen LogP contribution in [0.3, 0.4) is 0 Å². The highest BCUT2D eigenvalue weighted by atomic mass is 35.5. The first-order valence-electron chi connectivity index (χ1n) is 4.35. The largest absolute Gasteiger partial charge is 0.254 e. The first-order valence-corrected chi connectivity index (χ1v) is 4.73. The van der Waals surface area contributed by atoms with Gasteiger partial charge in [-0.05, 0) is 25.3 Å². The molecule has 0 N–H and O–H groups in total. The Kier molecular flexibility index (Phi) is 3.15. The zero-order valence-corrected chi connectivity index (χ0v) is 8.60. The minimum Gasteiger partial charge on any atom is -0.254 e. The second-order valence-electron chi connectivity index (χ2n) is 3.37. The van der Waals surface area contributed by atoms with Gasteiger partial charge in [-0.1, -0.05) is 25.4 Å². The number of rotatable bonds is 3. The molecule has 1 heterocycles. The molecule has 0 aromatic carbocycles. The van der Waals surface area contributed by atoms with E-state index in [1.807, 2.05) is 17.7 Å². The molecule has 0 saturated carbocycles. The number of aromatic nitrogens is 2. The maximum Gasteiger partial charge on any atom is 0.127 e. The quantitative estimate of drug-likeness (QED) is 0.710. The summed E-state index contributed by atoms with van der Waals surface area (Å²) in [7, 11) is 0. The van der Waals surface area contributed by atoms with E-state index < -0.39 is 0 Å². The fourth-order valence-electron chi connectivity index (χ4n) is 1.18. The third kappa shape index (κ3) is 2.24. The van der Waals surface area contributed by atoms with Gasteiger partial charge in [-0.25, -0.2) is 0 Å². The van der Waals surface area contributed by atoms with E-state index >= 15 is 0 Å². The number of aryl methyl sites for hydroxylation is 1. The Hall–Kier alpha value is -0.500. The van der Waals surface area contributed by atoms with E-state index in [2.05, 4.69) is 18.9 Å². The minimum atomic E-state index is 0.640. The summed E-state index contributed by atoms with van der Waals surface area (Å²) in [5.41, 5.74) is 1.09. The van der Waals surface area contributed by atoms with Gasteiger partial charge in [0.05, 0.1) is 5.69 Å². The van der Waals surface area contributed by atoms with Crippen molar-refractivity contribution in [1.29, 1.82) is 0 Å². The lowest BCUT2D eigenvalue weighted by molar-refractivity contribution is 0.600. The van der Waals surface area contributed by atoms with Crippen molar-refractivity contribution in [1.82, 2.24) is 9.78 Å². The van der Waals surface area contributed by atoms with Gasteiger partial charge in [0.1, 0.15) is 5.15 Å². The molecule has 1 aromatic heterocycles. The van der Waals surface area contributed by atoms with Crippen LogP contribution >= 0.6 is 11.6 Å². The highest BCUT2D eigenvalue weighted by molar-refractivity contribution is 6.29. The van der Waals surface area contributed by atoms with Gasteiger partial charge in [-0.3, -0.25) is 4.68 Å². The molecule has 0 atom stereocenters. The van der Waals surface area contributed by atoms with Crippen molar-refractivity contribution in [3.8, 4) is 0 Å². The smallest absolute Gasteiger partial charge is 0.127 e. The Bertz CT molecular complexity index is 253. The van der Waals surface area contributed by atoms with Crippen LogP contribution in [0.15, 0.2) is 6.07 Å². The second kappa shape index (κ2) is 3.94. The molecule has 0 amide bonds. The SMILES string of the molecule is CCn1nc(CC(C)C)cc1Cl. The maximum absolute atomic E-state index is 5.93. The van der Waals surface area contributed by atoms with Gasteiger partial charge in [0, 0.05) is 6.54 Å². The van der Waals surface area contributed by atoms with Crippen molar-refractivity contribution in [3.63, 3.8) is 0 Å². The molecule has 0 saturated heterocycles. The van der Waals surface area contributed by atoms with E-state index in [1.54, 1.807) is 0 Å². The maximum atomic E-state index is 5.93. The van der Waals surface area contributed by atoms with Gasteiger partial charge in [-0.2, -0.15) is 5.10 Å². The van der Waals surface area contributed by atoms with E-state index in [9.17, 15) is 0 Å². The molecule has 12 heavy (non-hydrogen) atoms. The predicted molar refractivity (Wildman–Crippen MR) is 51.5 cm³/mol. The first-order chi connectivity index (χ1) is 5.63. The minimum absolute atomic E-state index is 0.640. The average molecular weight is 187 g/mol. The molecule has 0 bridgehead atoms. The fourth-order valence-corrected chi connectivity index (χ4v) is 1.47. The summed E-state index contributed by atoms with van der Waals surface area (Å²) in [6.07, 6.45) is 1.01. The zero-order valence-electron chi connectivity index (χ0n) is 7.84. The topological polar surface area (TPSA) is 17.8 Å². The lowest BCUT2D eigenvalue weighted by Crippen LogP contribution is -1.99. The Labute approximate surface area is 78.5 Å². The molecule has 2 nitrogen and oxygen atoms in total. The van der Waals surface area contributed by atoms with E-state index in [1.165, 1.54) is 0 Å². The molecule has 0 spiro atoms. The third-order valence-electron chi connectivity index (χ3n) is 1.70. The summed E-state index contributed by atoms with van der Waals surface area (Å²) in [4.78, 5) is 0. The van der Waals surface area contributed by atoms with Crippen LogP contribution in [0.5, 0.6) is 0 Å². The lowest BCUT2D eigenvalue weighted by atomic mass is 10.1. The highest BCUT2D eigenvalue weighted by Crippen LogP contribution is 2.13. The molecular weight excluding hydrogens is 172 g/mol. The van der Waals surface area contributed by atoms with Crippen LogP contribution in [0.1, 0.15) is 26.5 Å². The predicted octanol–water partition coefficient (Wildman–Crippen LogP) is 2.75. The van der Waals surface area contributed by atoms with Crippen molar-refractivity contribution in [3.05, 3.63) is 16.9 Å². The van der Waals surface area contributed by atoms with Crippen LogP contribution in [-0.2, 0) is 13.0 Å². The van der Waals surface area contributed by atoms with Crippen molar-refractivity contribution >= 4 is 11.6 Å². The van der Waals surface area contributed by atoms with Crippen LogP contribution in [-0.4, -0.2) is 9.78 Å². The second-order valence-corrected chi connectivity index (χ2v) is 3.76. The molecule has 68 valence electrons. The van der Waals surface area contributed by atoms with Gasteiger partial charge < -0.3 is 0 Å². The normalized spacial score (nSPS) is 11.1. The van der Waals surface area contributed by atoms with Crippen LogP contribution < -0.4 is 0 Å². The average Bonchev–Trinajstić information content (AvgIpc) is 2.29. The van der Waals surface area contributed by atoms with Crippen LogP contribution in [0.2, 0.25) is 5.15 Å². The van der Waals surface area contributed by atoms with Gasteiger partial charge in [0.25, 0.3) is 0 Å². The standard InChI is InChI=1S/C9H15ClN2/c1-4-12-9(10)6-8(11-12)5-7(2)3/h6-7H,4-5H2,1-3H3. The Morgan fingerprint density at radius 3 is 2.67 bits per heavy atom. The molecule has 0 aliphatic carbocycles. The first kappa shape index (κ1) is 9.59. The van der Waals surface area contributed by atoms with Crippen molar-refractivity contribution < 1.29 is 0 Å². The summed E-state index contributed by atoms with van der Waals surface area (Å²) < 4.78 is 1.82. The monoisotopic (exact) mass is 186 g/mol. The number of hydrogen-bond acceptors (Lipinski definition) is 1. The third-order valence-corrected chi connectivity index (χ3v) is 2.00. The number of hydrogen-bond donors (Lipinski definition) is 0. The molecule has 0 unspecified atom stereocenters. The van der Waals surface area contributed by atoms with Gasteiger partial charge >= 0.3 is 0 Å². The Balaban J connectivity index is 2.75. The summed E-state index contributed by atoms with van der Waals surface area (Å²) in [5.74, 6) is 0.640. The van der Waals surface area contributed by atoms with Crippen LogP contribution in [0, 0.1) is 5.92 Å². The van der Waals surface area contributed by atoms with Gasteiger partial charge in [0.2, 0.25) is 0 Å². The summed E-state index contributed by atoms with van der Waals surface area (Å²) >= 11 is 5.93. The van der Waals surface area contributed by atoms with Crippen molar-refractivity contribution in [2.24, 2.45) is 5.92 Å². The molecule has 0 aliphatic heterocycles. The van der Waals surface area contributed by atoms with Gasteiger partial charge in [0.15, 0.2) is 0 Å². The van der Waals surface area contributed by atoms with Crippen molar-refractivity contribution in [2.45, 2.75) is 33.7 Å². The molecule has 3 heteroatoms. The fraction of sp³-hybridized carbons (Fsp3) is 0.667. The van der Waals surface area contributed by atoms with E-state index in [0.717, 1.165) is 23.8 Å². The summed E-state index contributed by atoms with van der Waals surface area (Å²) in [6.45, 7) is 7.24. The molecule has 0 radical (unpaired) electrons. The van der Waals surface area contributed by atoms with Crippen molar-refractivity contribution in [2.75, 3.05) is 0 Å². The lowest BCUT2D eigenvalue weighted by Gasteiger charge is -1.99. The van der Waals surface area contributed by atoms with E-state index in [0.29, 0.717) is 5.92 Å². The number of nitrogens with zero attached hydrogens (tertiary/aromatic N) is 2. The van der Waals surface area contributed by atoms with Gasteiger partial charge in [-0.15, -0.1) is 0 Å². The Morgan fingerprint density at radius 1 is 1.58 bits per heavy atom. The Morgan fingerprint density at radius 2 is 2.25 bits per heavy atom. The summed E-state index contributed by atoms with van der Waals surface area (Å²) in [5, 5.41) is 5.10. The number of halogens is 1. The molecule has 1 aromatic rings. The van der Waals surface area contributed by atoms with Crippen LogP contribution in [0.25, 0.3) is 0 Å². The molecular formula is C9H15ClN2. The molecule has 1 rings (SSSR count).